The van der Waals surface area contributed by atoms with Crippen molar-refractivity contribution in [3.63, 3.8) is 0 Å². The Morgan fingerprint density at radius 1 is 1.20 bits per heavy atom. The number of nitrogens with zero attached hydrogens (tertiary/aromatic N) is 6. The Labute approximate surface area is 241 Å². The molecule has 1 aliphatic heterocycles. The number of pyridine rings is 1. The molecule has 2 aromatic heterocycles. The molecule has 2 aromatic carbocycles. The summed E-state index contributed by atoms with van der Waals surface area (Å²) in [5.74, 6) is -0.369. The van der Waals surface area contributed by atoms with Crippen LogP contribution in [0.3, 0.4) is 0 Å². The van der Waals surface area contributed by atoms with Crippen LogP contribution in [0.15, 0.2) is 66.0 Å². The number of amides is 1. The smallest absolute Gasteiger partial charge is 0.350 e. The number of para-hydroxylation sites is 1. The van der Waals surface area contributed by atoms with Crippen molar-refractivity contribution < 1.29 is 9.18 Å². The quantitative estimate of drug-likeness (QED) is 0.296. The minimum Gasteiger partial charge on any atom is -0.350 e. The van der Waals surface area contributed by atoms with Crippen LogP contribution in [0.25, 0.3) is 28.0 Å². The predicted molar refractivity (Wildman–Crippen MR) is 158 cm³/mol. The zero-order valence-corrected chi connectivity index (χ0v) is 23.7. The van der Waals surface area contributed by atoms with Gasteiger partial charge < -0.3 is 9.80 Å². The van der Waals surface area contributed by atoms with Gasteiger partial charge >= 0.3 is 5.69 Å². The third-order valence-corrected chi connectivity index (χ3v) is 7.65. The minimum absolute atomic E-state index is 0.0404. The molecule has 4 aromatic rings. The van der Waals surface area contributed by atoms with E-state index in [-0.39, 0.29) is 45.4 Å². The largest absolute Gasteiger partial charge is 0.355 e. The number of carbonyl (C=O) groups is 1. The summed E-state index contributed by atoms with van der Waals surface area (Å²) in [6, 6.07) is 15.1. The van der Waals surface area contributed by atoms with Crippen molar-refractivity contribution in [3.05, 3.63) is 93.6 Å². The minimum atomic E-state index is -0.653. The fourth-order valence-electron chi connectivity index (χ4n) is 5.36. The van der Waals surface area contributed by atoms with Crippen molar-refractivity contribution in [3.8, 4) is 23.0 Å². The van der Waals surface area contributed by atoms with Gasteiger partial charge in [-0.05, 0) is 48.7 Å². The average molecular weight is 571 g/mol. The van der Waals surface area contributed by atoms with Crippen molar-refractivity contribution in [1.29, 1.82) is 5.26 Å². The van der Waals surface area contributed by atoms with E-state index >= 15 is 4.39 Å². The lowest BCUT2D eigenvalue weighted by molar-refractivity contribution is -0.126. The van der Waals surface area contributed by atoms with Crippen LogP contribution >= 0.6 is 11.6 Å². The zero-order chi connectivity index (χ0) is 29.4. The molecule has 0 saturated carbocycles. The van der Waals surface area contributed by atoms with Crippen LogP contribution in [0.1, 0.15) is 37.8 Å². The lowest BCUT2D eigenvalue weighted by atomic mass is 10.0. The first-order chi connectivity index (χ1) is 19.7. The molecule has 1 atom stereocenters. The molecule has 1 fully saturated rings. The molecule has 41 heavy (non-hydrogen) atoms. The molecule has 0 radical (unpaired) electrons. The number of benzene rings is 2. The number of piperazine rings is 1. The Bertz CT molecular complexity index is 1790. The van der Waals surface area contributed by atoms with Crippen LogP contribution in [0.4, 0.5) is 10.2 Å². The number of hydrogen-bond donors (Lipinski definition) is 0. The molecule has 0 aliphatic carbocycles. The number of fused-ring (bicyclic) bond motifs is 1. The summed E-state index contributed by atoms with van der Waals surface area (Å²) < 4.78 is 16.6. The van der Waals surface area contributed by atoms with Gasteiger partial charge in [0.1, 0.15) is 11.6 Å². The summed E-state index contributed by atoms with van der Waals surface area (Å²) in [5, 5.41) is 10.3. The standard InChI is InChI=1S/C31H28ClFN6O2/c1-5-26(40)37-13-14-38(19(4)17-37)29-22-15-23(32)28(27-20(16-34)9-8-11-24(27)33)35-30(22)39(31(41)36-29)25-12-7-6-10-21(25)18(2)3/h5-12,15,18-19H,1,13-14,17H2,2-4H3. The maximum absolute atomic E-state index is 15.2. The van der Waals surface area contributed by atoms with Crippen LogP contribution in [0.2, 0.25) is 5.02 Å². The van der Waals surface area contributed by atoms with E-state index in [1.165, 1.54) is 28.8 Å². The maximum Gasteiger partial charge on any atom is 0.355 e. The first-order valence-corrected chi connectivity index (χ1v) is 13.6. The van der Waals surface area contributed by atoms with Gasteiger partial charge in [-0.25, -0.2) is 18.7 Å². The number of rotatable bonds is 5. The highest BCUT2D eigenvalue weighted by molar-refractivity contribution is 6.34. The second kappa shape index (κ2) is 11.1. The van der Waals surface area contributed by atoms with Crippen molar-refractivity contribution in [1.82, 2.24) is 19.4 Å². The normalized spacial score (nSPS) is 15.3. The highest BCUT2D eigenvalue weighted by Crippen LogP contribution is 2.37. The van der Waals surface area contributed by atoms with Crippen LogP contribution in [-0.2, 0) is 4.79 Å². The summed E-state index contributed by atoms with van der Waals surface area (Å²) in [6.45, 7) is 10.8. The van der Waals surface area contributed by atoms with E-state index in [4.69, 9.17) is 16.6 Å². The molecule has 0 spiro atoms. The maximum atomic E-state index is 15.2. The lowest BCUT2D eigenvalue weighted by Gasteiger charge is -2.40. The third-order valence-electron chi connectivity index (χ3n) is 7.36. The Morgan fingerprint density at radius 2 is 1.95 bits per heavy atom. The molecular weight excluding hydrogens is 543 g/mol. The molecular formula is C31H28ClFN6O2. The van der Waals surface area contributed by atoms with E-state index in [1.54, 1.807) is 11.0 Å². The molecule has 1 saturated heterocycles. The SMILES string of the molecule is C=CC(=O)N1CCN(c2nc(=O)n(-c3ccccc3C(C)C)c3nc(-c4c(F)cccc4C#N)c(Cl)cc23)C(C)C1. The number of nitriles is 1. The van der Waals surface area contributed by atoms with E-state index in [2.05, 4.69) is 11.6 Å². The van der Waals surface area contributed by atoms with Crippen molar-refractivity contribution in [2.75, 3.05) is 24.5 Å². The molecule has 1 amide bonds. The zero-order valence-electron chi connectivity index (χ0n) is 22.9. The van der Waals surface area contributed by atoms with Gasteiger partial charge in [-0.3, -0.25) is 4.79 Å². The Balaban J connectivity index is 1.82. The molecule has 3 heterocycles. The number of aromatic nitrogens is 3. The predicted octanol–water partition coefficient (Wildman–Crippen LogP) is 5.46. The van der Waals surface area contributed by atoms with Crippen LogP contribution in [0, 0.1) is 17.1 Å². The van der Waals surface area contributed by atoms with Gasteiger partial charge in [0, 0.05) is 25.7 Å². The van der Waals surface area contributed by atoms with E-state index in [9.17, 15) is 14.9 Å². The summed E-state index contributed by atoms with van der Waals surface area (Å²) in [5.41, 5.74) is 1.25. The Hall–Kier alpha value is -4.55. The second-order valence-corrected chi connectivity index (χ2v) is 10.7. The monoisotopic (exact) mass is 570 g/mol. The van der Waals surface area contributed by atoms with Gasteiger partial charge in [-0.1, -0.05) is 56.3 Å². The average Bonchev–Trinajstić information content (AvgIpc) is 2.96. The first kappa shape index (κ1) is 28.0. The van der Waals surface area contributed by atoms with Gasteiger partial charge in [0.2, 0.25) is 5.91 Å². The van der Waals surface area contributed by atoms with Gasteiger partial charge in [0.25, 0.3) is 0 Å². The van der Waals surface area contributed by atoms with E-state index < -0.39 is 11.5 Å². The fourth-order valence-corrected chi connectivity index (χ4v) is 5.60. The fraction of sp³-hybridized carbons (Fsp3) is 0.258. The van der Waals surface area contributed by atoms with Crippen LogP contribution in [0.5, 0.6) is 0 Å². The number of hydrogen-bond acceptors (Lipinski definition) is 6. The highest BCUT2D eigenvalue weighted by atomic mass is 35.5. The molecule has 10 heteroatoms. The van der Waals surface area contributed by atoms with Crippen molar-refractivity contribution in [2.24, 2.45) is 0 Å². The van der Waals surface area contributed by atoms with Crippen molar-refractivity contribution >= 4 is 34.4 Å². The Kier molecular flexibility index (Phi) is 7.61. The molecule has 0 bridgehead atoms. The summed E-state index contributed by atoms with van der Waals surface area (Å²) >= 11 is 6.75. The first-order valence-electron chi connectivity index (χ1n) is 13.3. The third kappa shape index (κ3) is 4.96. The molecule has 5 rings (SSSR count). The van der Waals surface area contributed by atoms with Crippen molar-refractivity contribution in [2.45, 2.75) is 32.7 Å². The molecule has 1 unspecified atom stereocenters. The van der Waals surface area contributed by atoms with Gasteiger partial charge in [-0.15, -0.1) is 0 Å². The van der Waals surface area contributed by atoms with Gasteiger partial charge in [-0.2, -0.15) is 10.2 Å². The topological polar surface area (TPSA) is 95.1 Å². The highest BCUT2D eigenvalue weighted by Gasteiger charge is 2.30. The summed E-state index contributed by atoms with van der Waals surface area (Å²) in [6.07, 6.45) is 1.28. The van der Waals surface area contributed by atoms with E-state index in [0.29, 0.717) is 36.5 Å². The van der Waals surface area contributed by atoms with Gasteiger partial charge in [0.15, 0.2) is 5.65 Å². The molecule has 0 N–H and O–H groups in total. The summed E-state index contributed by atoms with van der Waals surface area (Å²) in [4.78, 5) is 39.1. The second-order valence-electron chi connectivity index (χ2n) is 10.3. The number of anilines is 1. The Morgan fingerprint density at radius 3 is 2.63 bits per heavy atom. The van der Waals surface area contributed by atoms with Crippen LogP contribution < -0.4 is 10.6 Å². The van der Waals surface area contributed by atoms with E-state index in [1.807, 2.05) is 56.0 Å². The number of halogens is 2. The van der Waals surface area contributed by atoms with Gasteiger partial charge in [0.05, 0.1) is 39.0 Å². The molecule has 208 valence electrons. The summed E-state index contributed by atoms with van der Waals surface area (Å²) in [7, 11) is 0. The molecule has 1 aliphatic rings. The van der Waals surface area contributed by atoms with Crippen LogP contribution in [-0.4, -0.2) is 51.0 Å². The number of carbonyl (C=O) groups excluding carboxylic acids is 1. The van der Waals surface area contributed by atoms with E-state index in [0.717, 1.165) is 5.56 Å². The lowest BCUT2D eigenvalue weighted by Crippen LogP contribution is -2.54. The molecule has 8 nitrogen and oxygen atoms in total.